The zero-order valence-electron chi connectivity index (χ0n) is 10.5. The molecule has 0 aliphatic carbocycles. The molecular formula is C12H18ClN3O2. The minimum absolute atomic E-state index is 0.0283. The van der Waals surface area contributed by atoms with Crippen molar-refractivity contribution in [3.05, 3.63) is 34.3 Å². The van der Waals surface area contributed by atoms with Crippen LogP contribution >= 0.6 is 11.6 Å². The van der Waals surface area contributed by atoms with Crippen LogP contribution in [0.25, 0.3) is 0 Å². The van der Waals surface area contributed by atoms with Crippen LogP contribution in [0.15, 0.2) is 23.4 Å². The Morgan fingerprint density at radius 1 is 1.56 bits per heavy atom. The molecule has 0 aliphatic heterocycles. The molecular weight excluding hydrogens is 254 g/mol. The summed E-state index contributed by atoms with van der Waals surface area (Å²) in [5, 5.41) is 21.1. The van der Waals surface area contributed by atoms with E-state index in [2.05, 4.69) is 5.16 Å². The van der Waals surface area contributed by atoms with Crippen molar-refractivity contribution < 1.29 is 10.3 Å². The van der Waals surface area contributed by atoms with Crippen LogP contribution in [0.2, 0.25) is 5.02 Å². The third-order valence-electron chi connectivity index (χ3n) is 2.89. The molecule has 0 saturated carbocycles. The molecule has 0 saturated heterocycles. The van der Waals surface area contributed by atoms with Gasteiger partial charge in [-0.15, -0.1) is 0 Å². The molecule has 1 aromatic carbocycles. The number of nitrogens with two attached hydrogens (primary N) is 1. The molecule has 5 nitrogen and oxygen atoms in total. The van der Waals surface area contributed by atoms with E-state index in [-0.39, 0.29) is 18.5 Å². The van der Waals surface area contributed by atoms with Gasteiger partial charge in [-0.05, 0) is 25.6 Å². The number of likely N-dealkylation sites (N-methyl/N-ethyl adjacent to an activating group) is 1. The lowest BCUT2D eigenvalue weighted by atomic mass is 10.1. The second-order valence-electron chi connectivity index (χ2n) is 4.24. The molecule has 0 heterocycles. The average Bonchev–Trinajstić information content (AvgIpc) is 2.38. The van der Waals surface area contributed by atoms with Crippen molar-refractivity contribution in [3.8, 4) is 0 Å². The Morgan fingerprint density at radius 2 is 2.22 bits per heavy atom. The first-order chi connectivity index (χ1) is 8.49. The highest BCUT2D eigenvalue weighted by molar-refractivity contribution is 6.31. The maximum atomic E-state index is 9.07. The Labute approximate surface area is 111 Å². The SMILES string of the molecule is CC(CO)N(C)Cc1ccc(/C(N)=N/O)cc1Cl. The molecule has 0 radical (unpaired) electrons. The van der Waals surface area contributed by atoms with Gasteiger partial charge in [0.15, 0.2) is 5.84 Å². The molecule has 1 atom stereocenters. The van der Waals surface area contributed by atoms with Crippen LogP contribution in [-0.4, -0.2) is 40.7 Å². The van der Waals surface area contributed by atoms with E-state index in [9.17, 15) is 0 Å². The van der Waals surface area contributed by atoms with Crippen molar-refractivity contribution >= 4 is 17.4 Å². The fourth-order valence-electron chi connectivity index (χ4n) is 1.46. The highest BCUT2D eigenvalue weighted by Crippen LogP contribution is 2.20. The van der Waals surface area contributed by atoms with E-state index in [4.69, 9.17) is 27.6 Å². The number of hydrogen-bond acceptors (Lipinski definition) is 4. The molecule has 0 bridgehead atoms. The van der Waals surface area contributed by atoms with Gasteiger partial charge in [-0.1, -0.05) is 28.9 Å². The molecule has 0 spiro atoms. The molecule has 1 aromatic rings. The first kappa shape index (κ1) is 14.8. The molecule has 4 N–H and O–H groups in total. The van der Waals surface area contributed by atoms with Gasteiger partial charge < -0.3 is 16.0 Å². The molecule has 0 aromatic heterocycles. The maximum absolute atomic E-state index is 9.07. The monoisotopic (exact) mass is 271 g/mol. The normalized spacial score (nSPS) is 13.9. The van der Waals surface area contributed by atoms with E-state index in [1.54, 1.807) is 12.1 Å². The molecule has 0 amide bonds. The Kier molecular flexibility index (Phi) is 5.40. The van der Waals surface area contributed by atoms with Crippen LogP contribution in [0.1, 0.15) is 18.1 Å². The van der Waals surface area contributed by atoms with Gasteiger partial charge in [-0.2, -0.15) is 0 Å². The maximum Gasteiger partial charge on any atom is 0.170 e. The van der Waals surface area contributed by atoms with Gasteiger partial charge in [0.05, 0.1) is 6.61 Å². The van der Waals surface area contributed by atoms with Crippen LogP contribution < -0.4 is 5.73 Å². The van der Waals surface area contributed by atoms with Crippen LogP contribution in [-0.2, 0) is 6.54 Å². The topological polar surface area (TPSA) is 82.1 Å². The Hall–Kier alpha value is -1.30. The molecule has 0 fully saturated rings. The second-order valence-corrected chi connectivity index (χ2v) is 4.65. The standard InChI is InChI=1S/C12H18ClN3O2/c1-8(7-17)16(2)6-10-4-3-9(5-11(10)13)12(14)15-18/h3-5,8,17-18H,6-7H2,1-2H3,(H2,14,15). The molecule has 6 heteroatoms. The summed E-state index contributed by atoms with van der Waals surface area (Å²) in [4.78, 5) is 1.99. The lowest BCUT2D eigenvalue weighted by molar-refractivity contribution is 0.154. The zero-order valence-corrected chi connectivity index (χ0v) is 11.2. The fourth-order valence-corrected chi connectivity index (χ4v) is 1.70. The second kappa shape index (κ2) is 6.58. The van der Waals surface area contributed by atoms with Gasteiger partial charge in [0.2, 0.25) is 0 Å². The summed E-state index contributed by atoms with van der Waals surface area (Å²) in [6.45, 7) is 2.64. The highest BCUT2D eigenvalue weighted by atomic mass is 35.5. The zero-order chi connectivity index (χ0) is 13.7. The lowest BCUT2D eigenvalue weighted by Crippen LogP contribution is -2.31. The van der Waals surface area contributed by atoms with E-state index in [1.807, 2.05) is 24.9 Å². The number of oxime groups is 1. The van der Waals surface area contributed by atoms with Crippen LogP contribution in [0, 0.1) is 0 Å². The summed E-state index contributed by atoms with van der Waals surface area (Å²) in [6, 6.07) is 5.29. The summed E-state index contributed by atoms with van der Waals surface area (Å²) in [6.07, 6.45) is 0. The largest absolute Gasteiger partial charge is 0.409 e. The quantitative estimate of drug-likeness (QED) is 0.326. The lowest BCUT2D eigenvalue weighted by Gasteiger charge is -2.23. The van der Waals surface area contributed by atoms with Crippen molar-refractivity contribution in [2.24, 2.45) is 10.9 Å². The van der Waals surface area contributed by atoms with Gasteiger partial charge in [0.1, 0.15) is 0 Å². The number of benzene rings is 1. The summed E-state index contributed by atoms with van der Waals surface area (Å²) in [7, 11) is 1.91. The number of aliphatic hydroxyl groups is 1. The van der Waals surface area contributed by atoms with Gasteiger partial charge in [-0.3, -0.25) is 4.90 Å². The summed E-state index contributed by atoms with van der Waals surface area (Å²) < 4.78 is 0. The van der Waals surface area contributed by atoms with Crippen molar-refractivity contribution in [1.82, 2.24) is 4.90 Å². The number of aliphatic hydroxyl groups excluding tert-OH is 1. The Bertz CT molecular complexity index is 437. The van der Waals surface area contributed by atoms with Crippen molar-refractivity contribution in [1.29, 1.82) is 0 Å². The third kappa shape index (κ3) is 3.60. The van der Waals surface area contributed by atoms with Crippen LogP contribution in [0.3, 0.4) is 0 Å². The summed E-state index contributed by atoms with van der Waals surface area (Å²) in [5.74, 6) is 0.0283. The van der Waals surface area contributed by atoms with Gasteiger partial charge in [-0.25, -0.2) is 0 Å². The third-order valence-corrected chi connectivity index (χ3v) is 3.24. The van der Waals surface area contributed by atoms with E-state index in [0.29, 0.717) is 17.1 Å². The van der Waals surface area contributed by atoms with E-state index >= 15 is 0 Å². The molecule has 1 unspecified atom stereocenters. The predicted molar refractivity (Wildman–Crippen MR) is 72.0 cm³/mol. The van der Waals surface area contributed by atoms with E-state index < -0.39 is 0 Å². The number of hydrogen-bond donors (Lipinski definition) is 3. The minimum atomic E-state index is 0.0283. The molecule has 0 aliphatic rings. The summed E-state index contributed by atoms with van der Waals surface area (Å²) in [5.41, 5.74) is 6.98. The van der Waals surface area contributed by atoms with Crippen molar-refractivity contribution in [2.75, 3.05) is 13.7 Å². The fraction of sp³-hybridized carbons (Fsp3) is 0.417. The Morgan fingerprint density at radius 3 is 2.72 bits per heavy atom. The van der Waals surface area contributed by atoms with E-state index in [1.165, 1.54) is 0 Å². The first-order valence-corrected chi connectivity index (χ1v) is 5.94. The number of halogens is 1. The van der Waals surface area contributed by atoms with Crippen LogP contribution in [0.5, 0.6) is 0 Å². The number of nitrogens with zero attached hydrogens (tertiary/aromatic N) is 2. The number of amidine groups is 1. The smallest absolute Gasteiger partial charge is 0.170 e. The first-order valence-electron chi connectivity index (χ1n) is 5.57. The predicted octanol–water partition coefficient (Wildman–Crippen LogP) is 1.25. The van der Waals surface area contributed by atoms with Crippen LogP contribution in [0.4, 0.5) is 0 Å². The van der Waals surface area contributed by atoms with Crippen molar-refractivity contribution in [2.45, 2.75) is 19.5 Å². The minimum Gasteiger partial charge on any atom is -0.409 e. The molecule has 18 heavy (non-hydrogen) atoms. The number of rotatable bonds is 5. The summed E-state index contributed by atoms with van der Waals surface area (Å²) >= 11 is 6.14. The van der Waals surface area contributed by atoms with Gasteiger partial charge in [0, 0.05) is 23.2 Å². The highest BCUT2D eigenvalue weighted by Gasteiger charge is 2.11. The van der Waals surface area contributed by atoms with E-state index in [0.717, 1.165) is 5.56 Å². The average molecular weight is 272 g/mol. The molecule has 100 valence electrons. The molecule has 1 rings (SSSR count). The van der Waals surface area contributed by atoms with Gasteiger partial charge >= 0.3 is 0 Å². The van der Waals surface area contributed by atoms with Crippen molar-refractivity contribution in [3.63, 3.8) is 0 Å². The van der Waals surface area contributed by atoms with Gasteiger partial charge in [0.25, 0.3) is 0 Å². The Balaban J connectivity index is 2.86.